The molecule has 0 saturated heterocycles. The maximum Gasteiger partial charge on any atom is 0.0705 e. The fourth-order valence-electron chi connectivity index (χ4n) is 1.04. The van der Waals surface area contributed by atoms with E-state index in [1.807, 2.05) is 6.08 Å². The molecule has 0 unspecified atom stereocenters. The van der Waals surface area contributed by atoms with E-state index in [9.17, 15) is 0 Å². The van der Waals surface area contributed by atoms with Gasteiger partial charge in [-0.2, -0.15) is 0 Å². The van der Waals surface area contributed by atoms with Gasteiger partial charge < -0.3 is 0 Å². The van der Waals surface area contributed by atoms with E-state index >= 15 is 0 Å². The Kier molecular flexibility index (Phi) is 2.67. The highest BCUT2D eigenvalue weighted by molar-refractivity contribution is 9.11. The van der Waals surface area contributed by atoms with Crippen LogP contribution < -0.4 is 0 Å². The molecule has 0 spiro atoms. The van der Waals surface area contributed by atoms with Crippen LogP contribution in [-0.4, -0.2) is 0 Å². The van der Waals surface area contributed by atoms with Crippen molar-refractivity contribution in [2.45, 2.75) is 0 Å². The van der Waals surface area contributed by atoms with Crippen LogP contribution in [0.4, 0.5) is 0 Å². The molecule has 0 N–H and O–H groups in total. The topological polar surface area (TPSA) is 0 Å². The standard InChI is InChI=1S/C10H7BrS2/c1-2-7-3-4-8(12-7)9-5-6-10(11)13-9/h2-6H,1H2. The molecule has 0 radical (unpaired) electrons. The molecule has 2 aromatic rings. The van der Waals surface area contributed by atoms with Crippen LogP contribution in [-0.2, 0) is 0 Å². The molecular weight excluding hydrogens is 264 g/mol. The highest BCUT2D eigenvalue weighted by Gasteiger charge is 2.03. The van der Waals surface area contributed by atoms with Crippen molar-refractivity contribution in [3.05, 3.63) is 39.5 Å². The monoisotopic (exact) mass is 270 g/mol. The van der Waals surface area contributed by atoms with Gasteiger partial charge in [0, 0.05) is 14.6 Å². The van der Waals surface area contributed by atoms with Crippen LogP contribution in [0.5, 0.6) is 0 Å². The second-order valence-electron chi connectivity index (χ2n) is 2.51. The molecule has 0 atom stereocenters. The average molecular weight is 271 g/mol. The Hall–Kier alpha value is -0.380. The minimum atomic E-state index is 1.18. The summed E-state index contributed by atoms with van der Waals surface area (Å²) in [6.07, 6.45) is 1.89. The third kappa shape index (κ3) is 1.93. The van der Waals surface area contributed by atoms with Crippen molar-refractivity contribution < 1.29 is 0 Å². The second-order valence-corrected chi connectivity index (χ2v) is 6.09. The van der Waals surface area contributed by atoms with Crippen molar-refractivity contribution in [2.24, 2.45) is 0 Å². The molecular formula is C10H7BrS2. The predicted octanol–water partition coefficient (Wildman–Crippen LogP) is 4.88. The van der Waals surface area contributed by atoms with Gasteiger partial charge in [-0.25, -0.2) is 0 Å². The first-order valence-corrected chi connectivity index (χ1v) is 6.20. The van der Waals surface area contributed by atoms with Crippen molar-refractivity contribution in [3.63, 3.8) is 0 Å². The van der Waals surface area contributed by atoms with Gasteiger partial charge >= 0.3 is 0 Å². The average Bonchev–Trinajstić information content (AvgIpc) is 2.71. The summed E-state index contributed by atoms with van der Waals surface area (Å²) < 4.78 is 1.18. The van der Waals surface area contributed by atoms with Crippen molar-refractivity contribution in [1.82, 2.24) is 0 Å². The van der Waals surface area contributed by atoms with Gasteiger partial charge in [0.25, 0.3) is 0 Å². The molecule has 2 heterocycles. The molecule has 2 rings (SSSR count). The highest BCUT2D eigenvalue weighted by Crippen LogP contribution is 2.35. The van der Waals surface area contributed by atoms with Crippen LogP contribution in [0.15, 0.2) is 34.6 Å². The molecule has 0 nitrogen and oxygen atoms in total. The van der Waals surface area contributed by atoms with Crippen molar-refractivity contribution in [1.29, 1.82) is 0 Å². The molecule has 2 aromatic heterocycles. The van der Waals surface area contributed by atoms with Gasteiger partial charge in [-0.05, 0) is 40.2 Å². The summed E-state index contributed by atoms with van der Waals surface area (Å²) >= 11 is 6.98. The fourth-order valence-corrected chi connectivity index (χ4v) is 3.38. The summed E-state index contributed by atoms with van der Waals surface area (Å²) in [5.41, 5.74) is 0. The molecule has 0 bridgehead atoms. The van der Waals surface area contributed by atoms with Crippen LogP contribution >= 0.6 is 38.6 Å². The Morgan fingerprint density at radius 1 is 1.08 bits per heavy atom. The van der Waals surface area contributed by atoms with E-state index in [1.54, 1.807) is 22.7 Å². The molecule has 3 heteroatoms. The van der Waals surface area contributed by atoms with Crippen molar-refractivity contribution in [2.75, 3.05) is 0 Å². The summed E-state index contributed by atoms with van der Waals surface area (Å²) in [6.45, 7) is 3.75. The SMILES string of the molecule is C=Cc1ccc(-c2ccc(Br)s2)s1. The molecule has 0 aromatic carbocycles. The number of hydrogen-bond acceptors (Lipinski definition) is 2. The zero-order chi connectivity index (χ0) is 9.26. The summed E-state index contributed by atoms with van der Waals surface area (Å²) in [6, 6.07) is 8.45. The lowest BCUT2D eigenvalue weighted by Crippen LogP contribution is -1.55. The number of halogens is 1. The Labute approximate surface area is 93.7 Å². The van der Waals surface area contributed by atoms with Gasteiger partial charge in [-0.15, -0.1) is 22.7 Å². The lowest BCUT2D eigenvalue weighted by molar-refractivity contribution is 1.90. The van der Waals surface area contributed by atoms with Gasteiger partial charge in [0.05, 0.1) is 3.79 Å². The van der Waals surface area contributed by atoms with Crippen molar-refractivity contribution in [3.8, 4) is 9.75 Å². The molecule has 66 valence electrons. The van der Waals surface area contributed by atoms with Crippen LogP contribution in [0.3, 0.4) is 0 Å². The molecule has 0 amide bonds. The lowest BCUT2D eigenvalue weighted by atomic mass is 10.4. The van der Waals surface area contributed by atoms with Crippen LogP contribution in [0.2, 0.25) is 0 Å². The van der Waals surface area contributed by atoms with Gasteiger partial charge in [-0.1, -0.05) is 12.7 Å². The van der Waals surface area contributed by atoms with E-state index < -0.39 is 0 Å². The maximum absolute atomic E-state index is 3.75. The summed E-state index contributed by atoms with van der Waals surface area (Å²) in [5, 5.41) is 0. The van der Waals surface area contributed by atoms with Crippen molar-refractivity contribution >= 4 is 44.7 Å². The molecule has 0 saturated carbocycles. The zero-order valence-electron chi connectivity index (χ0n) is 6.79. The first-order chi connectivity index (χ1) is 6.29. The second kappa shape index (κ2) is 3.78. The quantitative estimate of drug-likeness (QED) is 0.730. The van der Waals surface area contributed by atoms with Gasteiger partial charge in [-0.3, -0.25) is 0 Å². The molecule has 0 aliphatic heterocycles. The van der Waals surface area contributed by atoms with Crippen LogP contribution in [0, 0.1) is 0 Å². The van der Waals surface area contributed by atoms with E-state index in [-0.39, 0.29) is 0 Å². The first-order valence-electron chi connectivity index (χ1n) is 3.77. The smallest absolute Gasteiger partial charge is 0.0705 e. The Morgan fingerprint density at radius 3 is 2.31 bits per heavy atom. The van der Waals surface area contributed by atoms with E-state index in [0.29, 0.717) is 0 Å². The van der Waals surface area contributed by atoms with E-state index in [4.69, 9.17) is 0 Å². The Balaban J connectivity index is 2.40. The normalized spacial score (nSPS) is 10.2. The third-order valence-electron chi connectivity index (χ3n) is 1.64. The summed E-state index contributed by atoms with van der Waals surface area (Å²) in [4.78, 5) is 3.84. The number of thiophene rings is 2. The molecule has 0 aliphatic rings. The summed E-state index contributed by atoms with van der Waals surface area (Å²) in [5.74, 6) is 0. The Bertz CT molecular complexity index is 426. The zero-order valence-corrected chi connectivity index (χ0v) is 10.0. The predicted molar refractivity (Wildman–Crippen MR) is 65.4 cm³/mol. The van der Waals surface area contributed by atoms with Gasteiger partial charge in [0.1, 0.15) is 0 Å². The fraction of sp³-hybridized carbons (Fsp3) is 0. The highest BCUT2D eigenvalue weighted by atomic mass is 79.9. The number of rotatable bonds is 2. The molecule has 13 heavy (non-hydrogen) atoms. The van der Waals surface area contributed by atoms with Gasteiger partial charge in [0.15, 0.2) is 0 Å². The minimum absolute atomic E-state index is 1.18. The van der Waals surface area contributed by atoms with E-state index in [1.165, 1.54) is 18.4 Å². The van der Waals surface area contributed by atoms with Gasteiger partial charge in [0.2, 0.25) is 0 Å². The summed E-state index contributed by atoms with van der Waals surface area (Å²) in [7, 11) is 0. The van der Waals surface area contributed by atoms with E-state index in [2.05, 4.69) is 46.8 Å². The first kappa shape index (κ1) is 9.19. The van der Waals surface area contributed by atoms with Crippen LogP contribution in [0.1, 0.15) is 4.88 Å². The maximum atomic E-state index is 3.75. The third-order valence-corrected chi connectivity index (χ3v) is 4.54. The van der Waals surface area contributed by atoms with E-state index in [0.717, 1.165) is 0 Å². The Morgan fingerprint density at radius 2 is 1.77 bits per heavy atom. The number of hydrogen-bond donors (Lipinski definition) is 0. The lowest BCUT2D eigenvalue weighted by Gasteiger charge is -1.87. The molecule has 0 aliphatic carbocycles. The largest absolute Gasteiger partial charge is 0.135 e. The minimum Gasteiger partial charge on any atom is -0.135 e. The van der Waals surface area contributed by atoms with Crippen LogP contribution in [0.25, 0.3) is 15.8 Å². The molecule has 0 fully saturated rings.